The van der Waals surface area contributed by atoms with Gasteiger partial charge in [0.05, 0.1) is 12.7 Å². The summed E-state index contributed by atoms with van der Waals surface area (Å²) in [6, 6.07) is 15.0. The third-order valence-corrected chi connectivity index (χ3v) is 4.45. The summed E-state index contributed by atoms with van der Waals surface area (Å²) in [6.07, 6.45) is 2.95. The molecule has 2 aromatic heterocycles. The number of ether oxygens (including phenoxy) is 1. The first-order valence-electron chi connectivity index (χ1n) is 9.25. The number of urea groups is 1. The van der Waals surface area contributed by atoms with Gasteiger partial charge in [0.1, 0.15) is 17.6 Å². The maximum absolute atomic E-state index is 12.6. The number of nitrogens with zero attached hydrogens (tertiary/aromatic N) is 3. The molecule has 2 aromatic carbocycles. The molecule has 0 aliphatic carbocycles. The van der Waals surface area contributed by atoms with Gasteiger partial charge in [-0.1, -0.05) is 6.07 Å². The van der Waals surface area contributed by atoms with Gasteiger partial charge in [-0.25, -0.2) is 14.3 Å². The van der Waals surface area contributed by atoms with Gasteiger partial charge in [-0.05, 0) is 42.5 Å². The van der Waals surface area contributed by atoms with E-state index < -0.39 is 6.03 Å². The molecule has 10 heteroatoms. The van der Waals surface area contributed by atoms with E-state index in [1.165, 1.54) is 10.8 Å². The second kappa shape index (κ2) is 8.41. The summed E-state index contributed by atoms with van der Waals surface area (Å²) in [7, 11) is 1.56. The standard InChI is InChI=1S/C21H19N7O3/c1-31-16-4-2-3-15(11-16)27-21(30)26-14-7-5-13(6-8-14)25-20(29)17-9-10-28-18(17)19(22)23-12-24-28/h2-12H,1H3,(H,25,29)(H2,22,23,24)(H2,26,27,30). The van der Waals surface area contributed by atoms with Crippen molar-refractivity contribution in [2.24, 2.45) is 0 Å². The van der Waals surface area contributed by atoms with Crippen LogP contribution in [-0.4, -0.2) is 33.6 Å². The van der Waals surface area contributed by atoms with Gasteiger partial charge in [-0.15, -0.1) is 0 Å². The van der Waals surface area contributed by atoms with E-state index in [0.29, 0.717) is 33.9 Å². The van der Waals surface area contributed by atoms with E-state index in [0.717, 1.165) is 0 Å². The summed E-state index contributed by atoms with van der Waals surface area (Å²) in [5.41, 5.74) is 8.38. The third-order valence-electron chi connectivity index (χ3n) is 4.45. The number of rotatable bonds is 5. The normalized spacial score (nSPS) is 10.5. The molecule has 5 N–H and O–H groups in total. The molecule has 3 amide bonds. The Bertz CT molecular complexity index is 1250. The van der Waals surface area contributed by atoms with Crippen molar-refractivity contribution in [2.75, 3.05) is 28.8 Å². The molecule has 10 nitrogen and oxygen atoms in total. The van der Waals surface area contributed by atoms with E-state index in [1.807, 2.05) is 0 Å². The van der Waals surface area contributed by atoms with Crippen molar-refractivity contribution in [1.29, 1.82) is 0 Å². The van der Waals surface area contributed by atoms with Gasteiger partial charge in [0, 0.05) is 29.3 Å². The molecular formula is C21H19N7O3. The molecule has 4 aromatic rings. The molecule has 0 aliphatic heterocycles. The lowest BCUT2D eigenvalue weighted by Gasteiger charge is -2.10. The van der Waals surface area contributed by atoms with Crippen LogP contribution in [0.4, 0.5) is 27.7 Å². The van der Waals surface area contributed by atoms with Crippen LogP contribution in [0.3, 0.4) is 0 Å². The van der Waals surface area contributed by atoms with Crippen molar-refractivity contribution >= 4 is 40.3 Å². The van der Waals surface area contributed by atoms with Gasteiger partial charge >= 0.3 is 6.03 Å². The van der Waals surface area contributed by atoms with Gasteiger partial charge in [-0.3, -0.25) is 4.79 Å². The first-order valence-corrected chi connectivity index (χ1v) is 9.25. The summed E-state index contributed by atoms with van der Waals surface area (Å²) < 4.78 is 6.63. The fourth-order valence-corrected chi connectivity index (χ4v) is 2.99. The molecule has 0 unspecified atom stereocenters. The Morgan fingerprint density at radius 1 is 0.968 bits per heavy atom. The van der Waals surface area contributed by atoms with Crippen molar-refractivity contribution in [3.05, 3.63) is 72.7 Å². The SMILES string of the molecule is COc1cccc(NC(=O)Nc2ccc(NC(=O)c3ccn4ncnc(N)c34)cc2)c1. The smallest absolute Gasteiger partial charge is 0.323 e. The lowest BCUT2D eigenvalue weighted by atomic mass is 10.2. The number of carbonyl (C=O) groups excluding carboxylic acids is 2. The predicted octanol–water partition coefficient (Wildman–Crippen LogP) is 3.22. The number of aromatic nitrogens is 3. The van der Waals surface area contributed by atoms with Crippen molar-refractivity contribution in [3.63, 3.8) is 0 Å². The fourth-order valence-electron chi connectivity index (χ4n) is 2.99. The molecule has 0 saturated carbocycles. The van der Waals surface area contributed by atoms with E-state index in [1.54, 1.807) is 67.9 Å². The fraction of sp³-hybridized carbons (Fsp3) is 0.0476. The number of fused-ring (bicyclic) bond motifs is 1. The van der Waals surface area contributed by atoms with Crippen LogP contribution >= 0.6 is 0 Å². The second-order valence-corrected chi connectivity index (χ2v) is 6.51. The number of benzene rings is 2. The summed E-state index contributed by atoms with van der Waals surface area (Å²) in [5.74, 6) is 0.509. The Hall–Kier alpha value is -4.60. The lowest BCUT2D eigenvalue weighted by molar-refractivity contribution is 0.102. The molecule has 0 atom stereocenters. The van der Waals surface area contributed by atoms with Gasteiger partial charge < -0.3 is 26.4 Å². The molecule has 0 saturated heterocycles. The van der Waals surface area contributed by atoms with Crippen LogP contribution in [0.1, 0.15) is 10.4 Å². The third kappa shape index (κ3) is 4.37. The summed E-state index contributed by atoms with van der Waals surface area (Å²) in [5, 5.41) is 12.3. The Kier molecular flexibility index (Phi) is 5.35. The highest BCUT2D eigenvalue weighted by Crippen LogP contribution is 2.20. The first kappa shape index (κ1) is 19.7. The number of nitrogens with two attached hydrogens (primary N) is 1. The minimum absolute atomic E-state index is 0.215. The Labute approximate surface area is 177 Å². The molecule has 0 radical (unpaired) electrons. The first-order chi connectivity index (χ1) is 15.0. The van der Waals surface area contributed by atoms with E-state index in [9.17, 15) is 9.59 Å². The van der Waals surface area contributed by atoms with Gasteiger partial charge in [0.2, 0.25) is 0 Å². The average Bonchev–Trinajstić information content (AvgIpc) is 3.21. The van der Waals surface area contributed by atoms with Crippen LogP contribution in [0, 0.1) is 0 Å². The zero-order valence-corrected chi connectivity index (χ0v) is 16.5. The molecular weight excluding hydrogens is 398 g/mol. The summed E-state index contributed by atoms with van der Waals surface area (Å²) in [4.78, 5) is 28.8. The minimum atomic E-state index is -0.402. The van der Waals surface area contributed by atoms with Gasteiger partial charge in [0.15, 0.2) is 5.82 Å². The van der Waals surface area contributed by atoms with Crippen molar-refractivity contribution in [3.8, 4) is 5.75 Å². The highest BCUT2D eigenvalue weighted by Gasteiger charge is 2.15. The van der Waals surface area contributed by atoms with Crippen LogP contribution in [0.25, 0.3) is 5.52 Å². The molecule has 156 valence electrons. The van der Waals surface area contributed by atoms with Crippen LogP contribution in [0.2, 0.25) is 0 Å². The second-order valence-electron chi connectivity index (χ2n) is 6.51. The molecule has 2 heterocycles. The zero-order valence-electron chi connectivity index (χ0n) is 16.5. The van der Waals surface area contributed by atoms with E-state index >= 15 is 0 Å². The number of nitrogen functional groups attached to an aromatic ring is 1. The molecule has 31 heavy (non-hydrogen) atoms. The predicted molar refractivity (Wildman–Crippen MR) is 117 cm³/mol. The van der Waals surface area contributed by atoms with Crippen LogP contribution < -0.4 is 26.4 Å². The highest BCUT2D eigenvalue weighted by molar-refractivity contribution is 6.10. The van der Waals surface area contributed by atoms with Gasteiger partial charge in [0.25, 0.3) is 5.91 Å². The molecule has 0 aliphatic rings. The minimum Gasteiger partial charge on any atom is -0.497 e. The number of anilines is 4. The molecule has 0 fully saturated rings. The van der Waals surface area contributed by atoms with Crippen molar-refractivity contribution in [1.82, 2.24) is 14.6 Å². The number of hydrogen-bond acceptors (Lipinski definition) is 6. The lowest BCUT2D eigenvalue weighted by Crippen LogP contribution is -2.19. The van der Waals surface area contributed by atoms with Crippen LogP contribution in [-0.2, 0) is 0 Å². The van der Waals surface area contributed by atoms with E-state index in [4.69, 9.17) is 10.5 Å². The quantitative estimate of drug-likeness (QED) is 0.394. The van der Waals surface area contributed by atoms with Crippen LogP contribution in [0.5, 0.6) is 5.75 Å². The molecule has 0 bridgehead atoms. The number of methoxy groups -OCH3 is 1. The largest absolute Gasteiger partial charge is 0.497 e. The maximum atomic E-state index is 12.6. The maximum Gasteiger partial charge on any atom is 0.323 e. The van der Waals surface area contributed by atoms with Crippen molar-refractivity contribution < 1.29 is 14.3 Å². The Morgan fingerprint density at radius 3 is 2.42 bits per heavy atom. The average molecular weight is 417 g/mol. The molecule has 4 rings (SSSR count). The summed E-state index contributed by atoms with van der Waals surface area (Å²) in [6.45, 7) is 0. The Balaban J connectivity index is 1.39. The number of hydrogen-bond donors (Lipinski definition) is 4. The number of carbonyl (C=O) groups is 2. The van der Waals surface area contributed by atoms with Gasteiger partial charge in [-0.2, -0.15) is 5.10 Å². The highest BCUT2D eigenvalue weighted by atomic mass is 16.5. The van der Waals surface area contributed by atoms with Crippen molar-refractivity contribution in [2.45, 2.75) is 0 Å². The number of nitrogens with one attached hydrogen (secondary N) is 3. The topological polar surface area (TPSA) is 136 Å². The van der Waals surface area contributed by atoms with E-state index in [-0.39, 0.29) is 11.7 Å². The Morgan fingerprint density at radius 2 is 1.68 bits per heavy atom. The zero-order chi connectivity index (χ0) is 21.8. The van der Waals surface area contributed by atoms with E-state index in [2.05, 4.69) is 26.0 Å². The monoisotopic (exact) mass is 417 g/mol. The number of amides is 3. The van der Waals surface area contributed by atoms with Crippen LogP contribution in [0.15, 0.2) is 67.1 Å². The summed E-state index contributed by atoms with van der Waals surface area (Å²) >= 11 is 0. The molecule has 0 spiro atoms.